The van der Waals surface area contributed by atoms with Crippen molar-refractivity contribution in [2.24, 2.45) is 5.10 Å². The molecule has 0 bridgehead atoms. The number of hydrogen-bond acceptors (Lipinski definition) is 5. The number of rotatable bonds is 3. The number of fused-ring (bicyclic) bond motifs is 3. The van der Waals surface area contributed by atoms with Crippen LogP contribution in [0.15, 0.2) is 35.7 Å². The van der Waals surface area contributed by atoms with Crippen molar-refractivity contribution in [2.75, 3.05) is 5.43 Å². The molecule has 0 saturated carbocycles. The molecule has 23 heavy (non-hydrogen) atoms. The predicted molar refractivity (Wildman–Crippen MR) is 91.7 cm³/mol. The van der Waals surface area contributed by atoms with Gasteiger partial charge in [-0.1, -0.05) is 12.1 Å². The van der Waals surface area contributed by atoms with Gasteiger partial charge in [0.1, 0.15) is 17.0 Å². The van der Waals surface area contributed by atoms with Gasteiger partial charge in [0.25, 0.3) is 0 Å². The Morgan fingerprint density at radius 3 is 2.83 bits per heavy atom. The van der Waals surface area contributed by atoms with Crippen molar-refractivity contribution in [3.63, 3.8) is 0 Å². The molecule has 0 atom stereocenters. The van der Waals surface area contributed by atoms with Gasteiger partial charge in [0.2, 0.25) is 0 Å². The van der Waals surface area contributed by atoms with E-state index in [9.17, 15) is 4.39 Å². The summed E-state index contributed by atoms with van der Waals surface area (Å²) >= 11 is 1.76. The number of halogens is 1. The van der Waals surface area contributed by atoms with E-state index in [1.165, 1.54) is 35.4 Å². The summed E-state index contributed by atoms with van der Waals surface area (Å²) in [5, 5.41) is 5.34. The third-order valence-electron chi connectivity index (χ3n) is 4.01. The Labute approximate surface area is 137 Å². The fourth-order valence-corrected chi connectivity index (χ4v) is 4.12. The molecule has 1 aliphatic carbocycles. The molecular weight excluding hydrogens is 311 g/mol. The van der Waals surface area contributed by atoms with E-state index in [0.717, 1.165) is 34.4 Å². The minimum atomic E-state index is -0.252. The highest BCUT2D eigenvalue weighted by Gasteiger charge is 2.19. The smallest absolute Gasteiger partial charge is 0.158 e. The van der Waals surface area contributed by atoms with E-state index in [4.69, 9.17) is 0 Å². The van der Waals surface area contributed by atoms with Gasteiger partial charge in [-0.3, -0.25) is 5.43 Å². The highest BCUT2D eigenvalue weighted by atomic mass is 32.1. The minimum Gasteiger partial charge on any atom is -0.261 e. The first-order chi connectivity index (χ1) is 11.3. The molecule has 1 N–H and O–H groups in total. The Hall–Kier alpha value is -2.34. The first kappa shape index (κ1) is 14.3. The fraction of sp³-hybridized carbons (Fsp3) is 0.235. The fourth-order valence-electron chi connectivity index (χ4n) is 2.89. The number of hydrazone groups is 1. The quantitative estimate of drug-likeness (QED) is 0.581. The molecule has 4 nitrogen and oxygen atoms in total. The molecule has 0 aliphatic heterocycles. The summed E-state index contributed by atoms with van der Waals surface area (Å²) in [6.45, 7) is 0. The van der Waals surface area contributed by atoms with Crippen molar-refractivity contribution in [3.8, 4) is 0 Å². The summed E-state index contributed by atoms with van der Waals surface area (Å²) in [5.41, 5.74) is 5.22. The normalized spacial score (nSPS) is 14.3. The Balaban J connectivity index is 1.63. The van der Waals surface area contributed by atoms with Gasteiger partial charge in [0.15, 0.2) is 5.82 Å². The van der Waals surface area contributed by atoms with E-state index < -0.39 is 0 Å². The van der Waals surface area contributed by atoms with Gasteiger partial charge in [-0.15, -0.1) is 11.3 Å². The molecule has 116 valence electrons. The van der Waals surface area contributed by atoms with Crippen LogP contribution in [0.3, 0.4) is 0 Å². The lowest BCUT2D eigenvalue weighted by Gasteiger charge is -2.11. The maximum atomic E-state index is 12.9. The number of aryl methyl sites for hydroxylation is 2. The van der Waals surface area contributed by atoms with Crippen LogP contribution in [0.5, 0.6) is 0 Å². The molecule has 2 aromatic heterocycles. The molecule has 1 aliphatic rings. The summed E-state index contributed by atoms with van der Waals surface area (Å²) in [5.74, 6) is 0.491. The zero-order chi connectivity index (χ0) is 15.6. The lowest BCUT2D eigenvalue weighted by atomic mass is 9.97. The van der Waals surface area contributed by atoms with Gasteiger partial charge >= 0.3 is 0 Å². The molecule has 4 rings (SSSR count). The first-order valence-corrected chi connectivity index (χ1v) is 8.43. The standard InChI is InChI=1S/C17H15FN4S/c18-12-7-5-11(6-8-12)9-21-22-16-15-13-3-1-2-4-14(13)23-17(15)20-10-19-16/h5-10H,1-4H2,(H,19,20,22)/b21-9-. The highest BCUT2D eigenvalue weighted by Crippen LogP contribution is 2.38. The molecule has 0 unspecified atom stereocenters. The molecular formula is C17H15FN4S. The van der Waals surface area contributed by atoms with E-state index in [1.807, 2.05) is 0 Å². The zero-order valence-electron chi connectivity index (χ0n) is 12.4. The number of nitrogens with zero attached hydrogens (tertiary/aromatic N) is 3. The predicted octanol–water partition coefficient (Wildman–Crippen LogP) is 4.16. The van der Waals surface area contributed by atoms with Crippen LogP contribution in [0.4, 0.5) is 10.2 Å². The Morgan fingerprint density at radius 2 is 1.96 bits per heavy atom. The van der Waals surface area contributed by atoms with E-state index in [0.29, 0.717) is 0 Å². The zero-order valence-corrected chi connectivity index (χ0v) is 13.2. The summed E-state index contributed by atoms with van der Waals surface area (Å²) < 4.78 is 12.9. The lowest BCUT2D eigenvalue weighted by Crippen LogP contribution is -2.00. The van der Waals surface area contributed by atoms with Crippen molar-refractivity contribution in [1.29, 1.82) is 0 Å². The van der Waals surface area contributed by atoms with Crippen molar-refractivity contribution >= 4 is 33.6 Å². The van der Waals surface area contributed by atoms with Crippen LogP contribution in [0.25, 0.3) is 10.2 Å². The van der Waals surface area contributed by atoms with E-state index in [1.54, 1.807) is 36.0 Å². The van der Waals surface area contributed by atoms with Gasteiger partial charge in [-0.25, -0.2) is 14.4 Å². The second-order valence-electron chi connectivity index (χ2n) is 5.53. The topological polar surface area (TPSA) is 50.2 Å². The summed E-state index contributed by atoms with van der Waals surface area (Å²) in [6.07, 6.45) is 7.91. The highest BCUT2D eigenvalue weighted by molar-refractivity contribution is 7.19. The average Bonchev–Trinajstić information content (AvgIpc) is 2.96. The molecule has 0 fully saturated rings. The molecule has 6 heteroatoms. The average molecular weight is 326 g/mol. The number of anilines is 1. The maximum absolute atomic E-state index is 12.9. The minimum absolute atomic E-state index is 0.252. The molecule has 1 aromatic carbocycles. The summed E-state index contributed by atoms with van der Waals surface area (Å²) in [4.78, 5) is 11.2. The third-order valence-corrected chi connectivity index (χ3v) is 5.21. The van der Waals surface area contributed by atoms with Crippen LogP contribution in [-0.2, 0) is 12.8 Å². The van der Waals surface area contributed by atoms with E-state index >= 15 is 0 Å². The van der Waals surface area contributed by atoms with Gasteiger partial charge < -0.3 is 0 Å². The number of hydrogen-bond donors (Lipinski definition) is 1. The second kappa shape index (κ2) is 6.04. The third kappa shape index (κ3) is 2.82. The van der Waals surface area contributed by atoms with Gasteiger partial charge in [-0.2, -0.15) is 5.10 Å². The van der Waals surface area contributed by atoms with Gasteiger partial charge in [0.05, 0.1) is 11.6 Å². The van der Waals surface area contributed by atoms with Crippen LogP contribution in [-0.4, -0.2) is 16.2 Å². The SMILES string of the molecule is Fc1ccc(/C=N\Nc2ncnc3sc4c(c23)CCCC4)cc1. The number of thiophene rings is 1. The molecule has 0 saturated heterocycles. The Kier molecular flexibility index (Phi) is 3.75. The van der Waals surface area contributed by atoms with Crippen LogP contribution >= 0.6 is 11.3 Å². The maximum Gasteiger partial charge on any atom is 0.158 e. The second-order valence-corrected chi connectivity index (χ2v) is 6.62. The van der Waals surface area contributed by atoms with E-state index in [2.05, 4.69) is 20.5 Å². The monoisotopic (exact) mass is 326 g/mol. The molecule has 0 radical (unpaired) electrons. The number of aromatic nitrogens is 2. The Morgan fingerprint density at radius 1 is 1.13 bits per heavy atom. The summed E-state index contributed by atoms with van der Waals surface area (Å²) in [6, 6.07) is 6.20. The summed E-state index contributed by atoms with van der Waals surface area (Å²) in [7, 11) is 0. The van der Waals surface area contributed by atoms with Crippen LogP contribution in [0.1, 0.15) is 28.8 Å². The van der Waals surface area contributed by atoms with Crippen LogP contribution in [0, 0.1) is 5.82 Å². The number of nitrogens with one attached hydrogen (secondary N) is 1. The molecule has 0 amide bonds. The molecule has 3 aromatic rings. The molecule has 0 spiro atoms. The number of benzene rings is 1. The van der Waals surface area contributed by atoms with Crippen molar-refractivity contribution in [2.45, 2.75) is 25.7 Å². The largest absolute Gasteiger partial charge is 0.261 e. The first-order valence-electron chi connectivity index (χ1n) is 7.61. The van der Waals surface area contributed by atoms with Crippen molar-refractivity contribution in [3.05, 3.63) is 52.4 Å². The van der Waals surface area contributed by atoms with Crippen molar-refractivity contribution < 1.29 is 4.39 Å². The lowest BCUT2D eigenvalue weighted by molar-refractivity contribution is 0.628. The van der Waals surface area contributed by atoms with E-state index in [-0.39, 0.29) is 5.82 Å². The van der Waals surface area contributed by atoms with Crippen LogP contribution in [0.2, 0.25) is 0 Å². The van der Waals surface area contributed by atoms with Gasteiger partial charge in [-0.05, 0) is 48.9 Å². The van der Waals surface area contributed by atoms with Crippen LogP contribution < -0.4 is 5.43 Å². The Bertz CT molecular complexity index is 870. The van der Waals surface area contributed by atoms with Crippen molar-refractivity contribution in [1.82, 2.24) is 9.97 Å². The molecule has 2 heterocycles. The van der Waals surface area contributed by atoms with Gasteiger partial charge in [0, 0.05) is 4.88 Å².